The molecule has 2 unspecified atom stereocenters. The Morgan fingerprint density at radius 1 is 1.59 bits per heavy atom. The number of nitrogens with zero attached hydrogens (tertiary/aromatic N) is 3. The van der Waals surface area contributed by atoms with Crippen LogP contribution in [-0.2, 0) is 7.05 Å². The first-order chi connectivity index (χ1) is 8.33. The molecule has 1 aromatic heterocycles. The van der Waals surface area contributed by atoms with Crippen LogP contribution >= 0.6 is 11.8 Å². The second kappa shape index (κ2) is 6.40. The van der Waals surface area contributed by atoms with Gasteiger partial charge in [0.15, 0.2) is 0 Å². The monoisotopic (exact) mass is 254 g/mol. The standard InChI is InChI=1S/C12H22N4S/c1-3-7-13-12(10-9-14-15-16(10)2)11-6-4-5-8-17-11/h9,11-13H,3-8H2,1-2H3. The molecule has 0 aromatic carbocycles. The topological polar surface area (TPSA) is 42.7 Å². The van der Waals surface area contributed by atoms with Crippen LogP contribution in [0.4, 0.5) is 0 Å². The summed E-state index contributed by atoms with van der Waals surface area (Å²) >= 11 is 2.10. The Hall–Kier alpha value is -0.550. The molecule has 2 rings (SSSR count). The number of nitrogens with one attached hydrogen (secondary N) is 1. The molecule has 1 saturated heterocycles. The van der Waals surface area contributed by atoms with Gasteiger partial charge in [-0.1, -0.05) is 18.6 Å². The number of thioether (sulfide) groups is 1. The van der Waals surface area contributed by atoms with Gasteiger partial charge in [0.25, 0.3) is 0 Å². The molecule has 5 heteroatoms. The fourth-order valence-corrected chi connectivity index (χ4v) is 3.77. The van der Waals surface area contributed by atoms with E-state index in [-0.39, 0.29) is 0 Å². The van der Waals surface area contributed by atoms with Crippen molar-refractivity contribution in [3.05, 3.63) is 11.9 Å². The van der Waals surface area contributed by atoms with Gasteiger partial charge in [-0.2, -0.15) is 11.8 Å². The molecule has 4 nitrogen and oxygen atoms in total. The molecular formula is C12H22N4S. The molecule has 0 spiro atoms. The average Bonchev–Trinajstić information content (AvgIpc) is 2.78. The minimum Gasteiger partial charge on any atom is -0.308 e. The molecule has 1 aromatic rings. The maximum atomic E-state index is 4.06. The van der Waals surface area contributed by atoms with Crippen LogP contribution in [0.1, 0.15) is 44.3 Å². The summed E-state index contributed by atoms with van der Waals surface area (Å²) in [5.41, 5.74) is 1.22. The molecular weight excluding hydrogens is 232 g/mol. The van der Waals surface area contributed by atoms with Gasteiger partial charge >= 0.3 is 0 Å². The minimum absolute atomic E-state index is 0.403. The van der Waals surface area contributed by atoms with E-state index in [0.717, 1.165) is 6.54 Å². The highest BCUT2D eigenvalue weighted by Gasteiger charge is 2.27. The highest BCUT2D eigenvalue weighted by atomic mass is 32.2. The predicted octanol–water partition coefficient (Wildman–Crippen LogP) is 2.14. The molecule has 17 heavy (non-hydrogen) atoms. The summed E-state index contributed by atoms with van der Waals surface area (Å²) in [5, 5.41) is 12.4. The van der Waals surface area contributed by atoms with Gasteiger partial charge in [0, 0.05) is 12.3 Å². The van der Waals surface area contributed by atoms with Crippen molar-refractivity contribution in [3.8, 4) is 0 Å². The van der Waals surface area contributed by atoms with Crippen molar-refractivity contribution < 1.29 is 0 Å². The van der Waals surface area contributed by atoms with Crippen LogP contribution in [0.5, 0.6) is 0 Å². The molecule has 1 N–H and O–H groups in total. The summed E-state index contributed by atoms with van der Waals surface area (Å²) in [6, 6.07) is 0.403. The second-order valence-corrected chi connectivity index (χ2v) is 5.97. The predicted molar refractivity (Wildman–Crippen MR) is 72.1 cm³/mol. The summed E-state index contributed by atoms with van der Waals surface area (Å²) in [7, 11) is 1.98. The third-order valence-electron chi connectivity index (χ3n) is 3.27. The van der Waals surface area contributed by atoms with Gasteiger partial charge in [0.2, 0.25) is 0 Å². The highest BCUT2D eigenvalue weighted by Crippen LogP contribution is 2.34. The highest BCUT2D eigenvalue weighted by molar-refractivity contribution is 8.00. The number of rotatable bonds is 5. The lowest BCUT2D eigenvalue weighted by atomic mass is 10.0. The number of aromatic nitrogens is 3. The van der Waals surface area contributed by atoms with E-state index in [2.05, 4.69) is 34.3 Å². The van der Waals surface area contributed by atoms with Crippen molar-refractivity contribution >= 4 is 11.8 Å². The Morgan fingerprint density at radius 3 is 3.06 bits per heavy atom. The first kappa shape index (κ1) is 12.9. The lowest BCUT2D eigenvalue weighted by Crippen LogP contribution is -2.33. The molecule has 0 radical (unpaired) electrons. The van der Waals surface area contributed by atoms with E-state index in [9.17, 15) is 0 Å². The lowest BCUT2D eigenvalue weighted by molar-refractivity contribution is 0.453. The molecule has 1 fully saturated rings. The SMILES string of the molecule is CCCNC(c1cnnn1C)C1CCCCS1. The quantitative estimate of drug-likeness (QED) is 0.874. The fourth-order valence-electron chi connectivity index (χ4n) is 2.33. The van der Waals surface area contributed by atoms with Crippen LogP contribution in [0.3, 0.4) is 0 Å². The van der Waals surface area contributed by atoms with E-state index in [1.165, 1.54) is 37.1 Å². The molecule has 0 amide bonds. The van der Waals surface area contributed by atoms with Gasteiger partial charge in [-0.3, -0.25) is 4.68 Å². The lowest BCUT2D eigenvalue weighted by Gasteiger charge is -2.30. The van der Waals surface area contributed by atoms with Gasteiger partial charge in [-0.05, 0) is 31.6 Å². The van der Waals surface area contributed by atoms with Crippen molar-refractivity contribution in [2.75, 3.05) is 12.3 Å². The Morgan fingerprint density at radius 2 is 2.47 bits per heavy atom. The minimum atomic E-state index is 0.403. The Balaban J connectivity index is 2.09. The third-order valence-corrected chi connectivity index (χ3v) is 4.73. The van der Waals surface area contributed by atoms with Crippen molar-refractivity contribution in [1.82, 2.24) is 20.3 Å². The van der Waals surface area contributed by atoms with Crippen LogP contribution in [0, 0.1) is 0 Å². The van der Waals surface area contributed by atoms with E-state index in [1.807, 2.05) is 17.9 Å². The Labute approximate surface area is 108 Å². The Kier molecular flexibility index (Phi) is 4.86. The normalized spacial score (nSPS) is 22.6. The molecule has 0 saturated carbocycles. The number of hydrogen-bond donors (Lipinski definition) is 1. The van der Waals surface area contributed by atoms with Gasteiger partial charge < -0.3 is 5.32 Å². The summed E-state index contributed by atoms with van der Waals surface area (Å²) in [5.74, 6) is 1.29. The van der Waals surface area contributed by atoms with Gasteiger partial charge in [0.05, 0.1) is 17.9 Å². The summed E-state index contributed by atoms with van der Waals surface area (Å²) in [6.45, 7) is 3.27. The second-order valence-electron chi connectivity index (χ2n) is 4.62. The van der Waals surface area contributed by atoms with Crippen LogP contribution in [0.2, 0.25) is 0 Å². The van der Waals surface area contributed by atoms with E-state index >= 15 is 0 Å². The molecule has 0 aliphatic carbocycles. The van der Waals surface area contributed by atoms with E-state index in [0.29, 0.717) is 11.3 Å². The molecule has 96 valence electrons. The van der Waals surface area contributed by atoms with Crippen LogP contribution < -0.4 is 5.32 Å². The maximum absolute atomic E-state index is 4.06. The summed E-state index contributed by atoms with van der Waals surface area (Å²) < 4.78 is 1.91. The van der Waals surface area contributed by atoms with E-state index in [1.54, 1.807) is 0 Å². The van der Waals surface area contributed by atoms with E-state index in [4.69, 9.17) is 0 Å². The zero-order valence-electron chi connectivity index (χ0n) is 10.7. The van der Waals surface area contributed by atoms with Gasteiger partial charge in [-0.25, -0.2) is 0 Å². The molecule has 1 aliphatic rings. The van der Waals surface area contributed by atoms with Crippen LogP contribution in [0.15, 0.2) is 6.20 Å². The first-order valence-electron chi connectivity index (χ1n) is 6.52. The van der Waals surface area contributed by atoms with Crippen molar-refractivity contribution in [3.63, 3.8) is 0 Å². The van der Waals surface area contributed by atoms with Crippen molar-refractivity contribution in [2.24, 2.45) is 7.05 Å². The Bertz CT molecular complexity index is 333. The molecule has 0 bridgehead atoms. The fraction of sp³-hybridized carbons (Fsp3) is 0.833. The largest absolute Gasteiger partial charge is 0.308 e. The first-order valence-corrected chi connectivity index (χ1v) is 7.57. The van der Waals surface area contributed by atoms with Crippen molar-refractivity contribution in [1.29, 1.82) is 0 Å². The van der Waals surface area contributed by atoms with E-state index < -0.39 is 0 Å². The third kappa shape index (κ3) is 3.22. The molecule has 2 atom stereocenters. The maximum Gasteiger partial charge on any atom is 0.0764 e. The summed E-state index contributed by atoms with van der Waals surface area (Å²) in [6.07, 6.45) is 7.09. The van der Waals surface area contributed by atoms with Gasteiger partial charge in [0.1, 0.15) is 0 Å². The average molecular weight is 254 g/mol. The van der Waals surface area contributed by atoms with Crippen molar-refractivity contribution in [2.45, 2.75) is 43.9 Å². The molecule has 2 heterocycles. The van der Waals surface area contributed by atoms with Gasteiger partial charge in [-0.15, -0.1) is 5.10 Å². The zero-order chi connectivity index (χ0) is 12.1. The number of aryl methyl sites for hydroxylation is 1. The number of hydrogen-bond acceptors (Lipinski definition) is 4. The summed E-state index contributed by atoms with van der Waals surface area (Å²) in [4.78, 5) is 0. The zero-order valence-corrected chi connectivity index (χ0v) is 11.5. The molecule has 1 aliphatic heterocycles. The van der Waals surface area contributed by atoms with Crippen LogP contribution in [-0.4, -0.2) is 32.5 Å². The smallest absolute Gasteiger partial charge is 0.0764 e. The van der Waals surface area contributed by atoms with Crippen LogP contribution in [0.25, 0.3) is 0 Å².